The van der Waals surface area contributed by atoms with E-state index in [0.717, 1.165) is 13.1 Å². The maximum absolute atomic E-state index is 5.69. The zero-order valence-corrected chi connectivity index (χ0v) is 10.9. The highest BCUT2D eigenvalue weighted by Gasteiger charge is 2.26. The molecule has 0 spiro atoms. The van der Waals surface area contributed by atoms with Crippen LogP contribution < -0.4 is 10.2 Å². The molecular formula is C12H22N4O. The van der Waals surface area contributed by atoms with Gasteiger partial charge >= 0.3 is 6.01 Å². The van der Waals surface area contributed by atoms with E-state index in [-0.39, 0.29) is 0 Å². The lowest BCUT2D eigenvalue weighted by molar-refractivity contribution is 0.359. The van der Waals surface area contributed by atoms with Crippen molar-refractivity contribution in [2.75, 3.05) is 18.0 Å². The van der Waals surface area contributed by atoms with Gasteiger partial charge in [-0.1, -0.05) is 18.9 Å². The van der Waals surface area contributed by atoms with E-state index in [2.05, 4.69) is 41.2 Å². The highest BCUT2D eigenvalue weighted by molar-refractivity contribution is 5.27. The van der Waals surface area contributed by atoms with Crippen LogP contribution in [0.1, 0.15) is 39.5 Å². The molecule has 5 heteroatoms. The van der Waals surface area contributed by atoms with Crippen molar-refractivity contribution in [2.45, 2.75) is 46.2 Å². The fourth-order valence-corrected chi connectivity index (χ4v) is 2.22. The van der Waals surface area contributed by atoms with Crippen LogP contribution >= 0.6 is 0 Å². The number of hydrogen-bond donors (Lipinski definition) is 1. The number of piperidine rings is 1. The van der Waals surface area contributed by atoms with Crippen LogP contribution in [0.3, 0.4) is 0 Å². The van der Waals surface area contributed by atoms with Crippen LogP contribution in [0.15, 0.2) is 4.42 Å². The SMILES string of the molecule is CCNCc1nnc(N2CC(C)CCC2C)o1. The summed E-state index contributed by atoms with van der Waals surface area (Å²) >= 11 is 0. The fraction of sp³-hybridized carbons (Fsp3) is 0.833. The summed E-state index contributed by atoms with van der Waals surface area (Å²) in [6.07, 6.45) is 2.49. The second kappa shape index (κ2) is 5.49. The minimum Gasteiger partial charge on any atom is -0.407 e. The minimum atomic E-state index is 0.499. The van der Waals surface area contributed by atoms with E-state index in [4.69, 9.17) is 4.42 Å². The summed E-state index contributed by atoms with van der Waals surface area (Å²) in [5, 5.41) is 11.4. The van der Waals surface area contributed by atoms with E-state index in [1.165, 1.54) is 12.8 Å². The summed E-state index contributed by atoms with van der Waals surface area (Å²) in [4.78, 5) is 2.23. The Hall–Kier alpha value is -1.10. The smallest absolute Gasteiger partial charge is 0.318 e. The van der Waals surface area contributed by atoms with E-state index < -0.39 is 0 Å². The largest absolute Gasteiger partial charge is 0.407 e. The molecule has 2 unspecified atom stereocenters. The Morgan fingerprint density at radius 1 is 1.35 bits per heavy atom. The van der Waals surface area contributed by atoms with Crippen molar-refractivity contribution in [3.63, 3.8) is 0 Å². The van der Waals surface area contributed by atoms with Crippen LogP contribution in [0.2, 0.25) is 0 Å². The van der Waals surface area contributed by atoms with Crippen molar-refractivity contribution in [2.24, 2.45) is 5.92 Å². The standard InChI is InChI=1S/C12H22N4O/c1-4-13-7-11-14-15-12(17-11)16-8-9(2)5-6-10(16)3/h9-10,13H,4-8H2,1-3H3. The van der Waals surface area contributed by atoms with Crippen molar-refractivity contribution in [1.29, 1.82) is 0 Å². The van der Waals surface area contributed by atoms with Gasteiger partial charge in [-0.25, -0.2) is 0 Å². The highest BCUT2D eigenvalue weighted by atomic mass is 16.4. The van der Waals surface area contributed by atoms with Crippen LogP contribution in [0.25, 0.3) is 0 Å². The van der Waals surface area contributed by atoms with Gasteiger partial charge in [0.2, 0.25) is 5.89 Å². The lowest BCUT2D eigenvalue weighted by Crippen LogP contribution is -2.41. The maximum Gasteiger partial charge on any atom is 0.318 e. The molecule has 1 aromatic heterocycles. The monoisotopic (exact) mass is 238 g/mol. The second-order valence-electron chi connectivity index (χ2n) is 4.94. The summed E-state index contributed by atoms with van der Waals surface area (Å²) in [7, 11) is 0. The summed E-state index contributed by atoms with van der Waals surface area (Å²) in [5.41, 5.74) is 0. The van der Waals surface area contributed by atoms with Gasteiger partial charge in [-0.15, -0.1) is 5.10 Å². The molecule has 1 aromatic rings. The molecule has 2 rings (SSSR count). The molecule has 1 fully saturated rings. The molecule has 2 heterocycles. The number of rotatable bonds is 4. The average molecular weight is 238 g/mol. The van der Waals surface area contributed by atoms with Crippen LogP contribution in [-0.4, -0.2) is 29.3 Å². The highest BCUT2D eigenvalue weighted by Crippen LogP contribution is 2.26. The third kappa shape index (κ3) is 2.97. The zero-order chi connectivity index (χ0) is 12.3. The Bertz CT molecular complexity index is 352. The molecule has 0 aliphatic carbocycles. The van der Waals surface area contributed by atoms with Gasteiger partial charge in [-0.05, 0) is 32.2 Å². The molecule has 1 aliphatic heterocycles. The molecule has 96 valence electrons. The van der Waals surface area contributed by atoms with Crippen molar-refractivity contribution in [1.82, 2.24) is 15.5 Å². The Labute approximate surface area is 103 Å². The first kappa shape index (κ1) is 12.4. The van der Waals surface area contributed by atoms with Gasteiger partial charge in [-0.3, -0.25) is 0 Å². The number of nitrogens with zero attached hydrogens (tertiary/aromatic N) is 3. The van der Waals surface area contributed by atoms with E-state index in [9.17, 15) is 0 Å². The van der Waals surface area contributed by atoms with E-state index in [1.807, 2.05) is 0 Å². The molecule has 2 atom stereocenters. The Morgan fingerprint density at radius 2 is 2.18 bits per heavy atom. The van der Waals surface area contributed by atoms with Crippen molar-refractivity contribution in [3.8, 4) is 0 Å². The Kier molecular flexibility index (Phi) is 3.99. The summed E-state index contributed by atoms with van der Waals surface area (Å²) in [6.45, 7) is 9.14. The van der Waals surface area contributed by atoms with Gasteiger partial charge in [0, 0.05) is 12.6 Å². The fourth-order valence-electron chi connectivity index (χ4n) is 2.22. The third-order valence-electron chi connectivity index (χ3n) is 3.35. The summed E-state index contributed by atoms with van der Waals surface area (Å²) in [5.74, 6) is 1.38. The van der Waals surface area contributed by atoms with Crippen LogP contribution in [0.4, 0.5) is 6.01 Å². The second-order valence-corrected chi connectivity index (χ2v) is 4.94. The van der Waals surface area contributed by atoms with Gasteiger partial charge in [0.1, 0.15) is 0 Å². The molecule has 0 amide bonds. The predicted octanol–water partition coefficient (Wildman–Crippen LogP) is 1.80. The maximum atomic E-state index is 5.69. The molecule has 1 saturated heterocycles. The average Bonchev–Trinajstić information content (AvgIpc) is 2.78. The Morgan fingerprint density at radius 3 is 2.94 bits per heavy atom. The summed E-state index contributed by atoms with van der Waals surface area (Å²) < 4.78 is 5.69. The van der Waals surface area contributed by atoms with Crippen molar-refractivity contribution < 1.29 is 4.42 Å². The lowest BCUT2D eigenvalue weighted by atomic mass is 9.96. The normalized spacial score (nSPS) is 25.2. The van der Waals surface area contributed by atoms with Gasteiger partial charge in [0.15, 0.2) is 0 Å². The molecule has 0 bridgehead atoms. The molecule has 0 saturated carbocycles. The Balaban J connectivity index is 2.02. The van der Waals surface area contributed by atoms with Crippen LogP contribution in [-0.2, 0) is 6.54 Å². The van der Waals surface area contributed by atoms with Gasteiger partial charge in [0.05, 0.1) is 6.54 Å². The first-order valence-corrected chi connectivity index (χ1v) is 6.50. The molecule has 5 nitrogen and oxygen atoms in total. The zero-order valence-electron chi connectivity index (χ0n) is 10.9. The first-order chi connectivity index (χ1) is 8.20. The predicted molar refractivity (Wildman–Crippen MR) is 66.9 cm³/mol. The molecule has 1 N–H and O–H groups in total. The topological polar surface area (TPSA) is 54.2 Å². The minimum absolute atomic E-state index is 0.499. The number of aromatic nitrogens is 2. The molecule has 0 aromatic carbocycles. The third-order valence-corrected chi connectivity index (χ3v) is 3.35. The molecule has 0 radical (unpaired) electrons. The molecule has 1 aliphatic rings. The van der Waals surface area contributed by atoms with E-state index >= 15 is 0 Å². The van der Waals surface area contributed by atoms with Crippen molar-refractivity contribution >= 4 is 6.01 Å². The van der Waals surface area contributed by atoms with E-state index in [1.54, 1.807) is 0 Å². The van der Waals surface area contributed by atoms with Gasteiger partial charge in [-0.2, -0.15) is 0 Å². The first-order valence-electron chi connectivity index (χ1n) is 6.50. The number of hydrogen-bond acceptors (Lipinski definition) is 5. The van der Waals surface area contributed by atoms with E-state index in [0.29, 0.717) is 30.4 Å². The van der Waals surface area contributed by atoms with Gasteiger partial charge < -0.3 is 14.6 Å². The van der Waals surface area contributed by atoms with Gasteiger partial charge in [0.25, 0.3) is 0 Å². The number of nitrogens with one attached hydrogen (secondary N) is 1. The quantitative estimate of drug-likeness (QED) is 0.867. The summed E-state index contributed by atoms with van der Waals surface area (Å²) in [6, 6.07) is 1.18. The van der Waals surface area contributed by atoms with Crippen LogP contribution in [0.5, 0.6) is 0 Å². The molecule has 17 heavy (non-hydrogen) atoms. The van der Waals surface area contributed by atoms with Crippen LogP contribution in [0, 0.1) is 5.92 Å². The molecular weight excluding hydrogens is 216 g/mol. The lowest BCUT2D eigenvalue weighted by Gasteiger charge is -2.35. The van der Waals surface area contributed by atoms with Crippen molar-refractivity contribution in [3.05, 3.63) is 5.89 Å². The number of anilines is 1.